The van der Waals surface area contributed by atoms with Gasteiger partial charge in [0.1, 0.15) is 5.82 Å². The van der Waals surface area contributed by atoms with Gasteiger partial charge in [-0.3, -0.25) is 4.57 Å². The first-order valence-corrected chi connectivity index (χ1v) is 17.5. The van der Waals surface area contributed by atoms with E-state index in [0.29, 0.717) is 0 Å². The zero-order valence-corrected chi connectivity index (χ0v) is 27.9. The molecular weight excluding hydrogens is 617 g/mol. The van der Waals surface area contributed by atoms with E-state index in [0.717, 1.165) is 28.1 Å². The highest BCUT2D eigenvalue weighted by Gasteiger charge is 2.20. The summed E-state index contributed by atoms with van der Waals surface area (Å²) in [5.41, 5.74) is 11.7. The molecular formula is C49H32N2. The molecule has 0 amide bonds. The maximum Gasteiger partial charge on any atom is 0.145 e. The first-order valence-electron chi connectivity index (χ1n) is 17.5. The molecule has 10 aromatic rings. The van der Waals surface area contributed by atoms with Crippen LogP contribution < -0.4 is 0 Å². The number of imidazole rings is 1. The topological polar surface area (TPSA) is 17.8 Å². The fourth-order valence-corrected chi connectivity index (χ4v) is 7.96. The fraction of sp³-hybridized carbons (Fsp3) is 0. The minimum atomic E-state index is 0.941. The van der Waals surface area contributed by atoms with Gasteiger partial charge in [-0.25, -0.2) is 4.98 Å². The van der Waals surface area contributed by atoms with Crippen LogP contribution >= 0.6 is 0 Å². The van der Waals surface area contributed by atoms with Gasteiger partial charge in [0.15, 0.2) is 0 Å². The van der Waals surface area contributed by atoms with Crippen LogP contribution in [-0.4, -0.2) is 9.55 Å². The minimum Gasteiger partial charge on any atom is -0.292 e. The molecule has 10 rings (SSSR count). The largest absolute Gasteiger partial charge is 0.292 e. The van der Waals surface area contributed by atoms with E-state index in [1.165, 1.54) is 65.7 Å². The minimum absolute atomic E-state index is 0.941. The van der Waals surface area contributed by atoms with Gasteiger partial charge in [0, 0.05) is 11.3 Å². The van der Waals surface area contributed by atoms with Crippen molar-refractivity contribution in [3.05, 3.63) is 194 Å². The molecule has 2 heteroatoms. The maximum atomic E-state index is 5.06. The quantitative estimate of drug-likeness (QED) is 0.134. The van der Waals surface area contributed by atoms with Crippen LogP contribution in [0.15, 0.2) is 194 Å². The van der Waals surface area contributed by atoms with E-state index in [9.17, 15) is 0 Å². The van der Waals surface area contributed by atoms with Gasteiger partial charge in [-0.15, -0.1) is 0 Å². The molecule has 238 valence electrons. The van der Waals surface area contributed by atoms with E-state index >= 15 is 0 Å². The monoisotopic (exact) mass is 648 g/mol. The van der Waals surface area contributed by atoms with Gasteiger partial charge in [-0.05, 0) is 90.0 Å². The van der Waals surface area contributed by atoms with Crippen molar-refractivity contribution >= 4 is 43.4 Å². The molecule has 0 aliphatic carbocycles. The van der Waals surface area contributed by atoms with Gasteiger partial charge in [0.25, 0.3) is 0 Å². The molecule has 0 atom stereocenters. The normalized spacial score (nSPS) is 11.5. The van der Waals surface area contributed by atoms with Crippen molar-refractivity contribution in [3.8, 4) is 50.5 Å². The summed E-state index contributed by atoms with van der Waals surface area (Å²) in [4.78, 5) is 5.06. The van der Waals surface area contributed by atoms with Crippen molar-refractivity contribution in [3.63, 3.8) is 0 Å². The van der Waals surface area contributed by atoms with Gasteiger partial charge < -0.3 is 0 Å². The van der Waals surface area contributed by atoms with E-state index in [1.54, 1.807) is 0 Å². The lowest BCUT2D eigenvalue weighted by Gasteiger charge is -2.20. The Hall–Kier alpha value is -6.77. The summed E-state index contributed by atoms with van der Waals surface area (Å²) in [6, 6.07) is 69.8. The summed E-state index contributed by atoms with van der Waals surface area (Å²) < 4.78 is 2.27. The number of hydrogen-bond donors (Lipinski definition) is 0. The Morgan fingerprint density at radius 1 is 0.333 bits per heavy atom. The number of nitrogens with zero attached hydrogens (tertiary/aromatic N) is 2. The second-order valence-electron chi connectivity index (χ2n) is 13.1. The number of rotatable bonds is 5. The first-order chi connectivity index (χ1) is 25.3. The van der Waals surface area contributed by atoms with Crippen LogP contribution in [0.4, 0.5) is 0 Å². The molecule has 9 aromatic carbocycles. The summed E-state index contributed by atoms with van der Waals surface area (Å²) in [6.07, 6.45) is 0. The molecule has 1 heterocycles. The second kappa shape index (κ2) is 12.0. The molecule has 0 spiro atoms. The average molecular weight is 649 g/mol. The molecule has 51 heavy (non-hydrogen) atoms. The van der Waals surface area contributed by atoms with Crippen LogP contribution in [0.1, 0.15) is 0 Å². The Balaban J connectivity index is 1.21. The van der Waals surface area contributed by atoms with Crippen LogP contribution in [0, 0.1) is 0 Å². The van der Waals surface area contributed by atoms with Crippen molar-refractivity contribution in [1.29, 1.82) is 0 Å². The Morgan fingerprint density at radius 2 is 0.882 bits per heavy atom. The van der Waals surface area contributed by atoms with Gasteiger partial charge in [0.2, 0.25) is 0 Å². The number of para-hydroxylation sites is 2. The van der Waals surface area contributed by atoms with E-state index in [-0.39, 0.29) is 0 Å². The molecule has 0 N–H and O–H groups in total. The van der Waals surface area contributed by atoms with Crippen LogP contribution in [0.5, 0.6) is 0 Å². The van der Waals surface area contributed by atoms with Gasteiger partial charge in [-0.1, -0.05) is 170 Å². The molecule has 0 fully saturated rings. The average Bonchev–Trinajstić information content (AvgIpc) is 3.60. The lowest BCUT2D eigenvalue weighted by Crippen LogP contribution is -1.97. The van der Waals surface area contributed by atoms with E-state index in [1.807, 2.05) is 6.07 Å². The number of benzene rings is 9. The summed E-state index contributed by atoms with van der Waals surface area (Å²) in [6.45, 7) is 0. The number of hydrogen-bond acceptors (Lipinski definition) is 1. The molecule has 0 radical (unpaired) electrons. The van der Waals surface area contributed by atoms with Gasteiger partial charge in [-0.2, -0.15) is 0 Å². The van der Waals surface area contributed by atoms with E-state index < -0.39 is 0 Å². The number of aromatic nitrogens is 2. The molecule has 0 unspecified atom stereocenters. The predicted molar refractivity (Wildman–Crippen MR) is 215 cm³/mol. The lowest BCUT2D eigenvalue weighted by atomic mass is 9.83. The molecule has 1 aromatic heterocycles. The fourth-order valence-electron chi connectivity index (χ4n) is 7.96. The standard InChI is InChI=1S/C49H32N2/c1-4-15-34(16-5-1)46-41-21-10-11-22-42(41)47(35-17-6-2-7-18-35)48-40-24-14-23-38(39(40)31-32-43(46)48)33-27-29-37(30-28-33)51-45-26-13-12-25-44(45)50-49(51)36-19-8-3-9-20-36/h1-32H. The first kappa shape index (κ1) is 29.2. The second-order valence-corrected chi connectivity index (χ2v) is 13.1. The molecule has 0 aliphatic heterocycles. The Morgan fingerprint density at radius 3 is 1.59 bits per heavy atom. The van der Waals surface area contributed by atoms with Crippen LogP contribution in [0.2, 0.25) is 0 Å². The molecule has 0 bridgehead atoms. The van der Waals surface area contributed by atoms with Gasteiger partial charge >= 0.3 is 0 Å². The summed E-state index contributed by atoms with van der Waals surface area (Å²) in [5.74, 6) is 0.941. The molecule has 0 aliphatic rings. The highest BCUT2D eigenvalue weighted by atomic mass is 15.1. The highest BCUT2D eigenvalue weighted by molar-refractivity contribution is 6.28. The third kappa shape index (κ3) is 4.76. The smallest absolute Gasteiger partial charge is 0.145 e. The van der Waals surface area contributed by atoms with Crippen molar-refractivity contribution in [2.75, 3.05) is 0 Å². The Kier molecular flexibility index (Phi) is 6.85. The van der Waals surface area contributed by atoms with Crippen LogP contribution in [-0.2, 0) is 0 Å². The van der Waals surface area contributed by atoms with Crippen LogP contribution in [0.3, 0.4) is 0 Å². The van der Waals surface area contributed by atoms with Crippen molar-refractivity contribution in [1.82, 2.24) is 9.55 Å². The molecule has 0 saturated heterocycles. The van der Waals surface area contributed by atoms with Crippen molar-refractivity contribution in [2.45, 2.75) is 0 Å². The van der Waals surface area contributed by atoms with E-state index in [4.69, 9.17) is 4.98 Å². The third-order valence-electron chi connectivity index (χ3n) is 10.2. The summed E-state index contributed by atoms with van der Waals surface area (Å²) in [5, 5.41) is 7.57. The lowest BCUT2D eigenvalue weighted by molar-refractivity contribution is 1.10. The number of fused-ring (bicyclic) bond motifs is 5. The zero-order chi connectivity index (χ0) is 33.7. The zero-order valence-electron chi connectivity index (χ0n) is 27.9. The highest BCUT2D eigenvalue weighted by Crippen LogP contribution is 2.47. The van der Waals surface area contributed by atoms with E-state index in [2.05, 4.69) is 193 Å². The summed E-state index contributed by atoms with van der Waals surface area (Å²) in [7, 11) is 0. The molecule has 0 saturated carbocycles. The Labute approximate surface area is 296 Å². The maximum absolute atomic E-state index is 5.06. The predicted octanol–water partition coefficient (Wildman–Crippen LogP) is 13.2. The van der Waals surface area contributed by atoms with Crippen molar-refractivity contribution in [2.24, 2.45) is 0 Å². The Bertz CT molecular complexity index is 2870. The van der Waals surface area contributed by atoms with Crippen LogP contribution in [0.25, 0.3) is 93.8 Å². The summed E-state index contributed by atoms with van der Waals surface area (Å²) >= 11 is 0. The SMILES string of the molecule is c1ccc(-c2c3ccccc3c(-c3ccccc3)c3c2ccc2c(-c4ccc(-n5c(-c6ccccc6)nc6ccccc65)cc4)cccc23)cc1. The third-order valence-corrected chi connectivity index (χ3v) is 10.2. The molecule has 2 nitrogen and oxygen atoms in total. The van der Waals surface area contributed by atoms with Crippen molar-refractivity contribution < 1.29 is 0 Å². The van der Waals surface area contributed by atoms with Gasteiger partial charge in [0.05, 0.1) is 11.0 Å².